The molecule has 2 rings (SSSR count). The van der Waals surface area contributed by atoms with Crippen molar-refractivity contribution in [1.29, 1.82) is 0 Å². The first-order chi connectivity index (χ1) is 9.92. The Morgan fingerprint density at radius 2 is 1.81 bits per heavy atom. The standard InChI is InChI=1S/C14H14ClFN2O2S/c1-2-17-11-4-6-12(7-5-11)21(19,20)18-14-8-3-10(15)9-13(14)16/h3-9,17-18H,2H2,1H3. The number of anilines is 2. The number of halogens is 2. The largest absolute Gasteiger partial charge is 0.385 e. The number of hydrogen-bond donors (Lipinski definition) is 2. The predicted octanol–water partition coefficient (Wildman–Crippen LogP) is 3.71. The van der Waals surface area contributed by atoms with Gasteiger partial charge >= 0.3 is 0 Å². The monoisotopic (exact) mass is 328 g/mol. The molecule has 0 radical (unpaired) electrons. The van der Waals surface area contributed by atoms with Gasteiger partial charge in [0.2, 0.25) is 0 Å². The molecule has 0 amide bonds. The third-order valence-corrected chi connectivity index (χ3v) is 4.34. The van der Waals surface area contributed by atoms with E-state index < -0.39 is 15.8 Å². The second-order valence-electron chi connectivity index (χ2n) is 4.28. The number of rotatable bonds is 5. The molecule has 112 valence electrons. The van der Waals surface area contributed by atoms with Crippen LogP contribution in [0.4, 0.5) is 15.8 Å². The van der Waals surface area contributed by atoms with Crippen molar-refractivity contribution in [2.75, 3.05) is 16.6 Å². The van der Waals surface area contributed by atoms with Crippen molar-refractivity contribution < 1.29 is 12.8 Å². The van der Waals surface area contributed by atoms with Gasteiger partial charge < -0.3 is 5.32 Å². The molecule has 2 aromatic rings. The van der Waals surface area contributed by atoms with Crippen LogP contribution in [0.15, 0.2) is 47.4 Å². The summed E-state index contributed by atoms with van der Waals surface area (Å²) in [6, 6.07) is 9.95. The predicted molar refractivity (Wildman–Crippen MR) is 82.8 cm³/mol. The summed E-state index contributed by atoms with van der Waals surface area (Å²) in [6.07, 6.45) is 0. The fourth-order valence-corrected chi connectivity index (χ4v) is 2.96. The highest BCUT2D eigenvalue weighted by atomic mass is 35.5. The van der Waals surface area contributed by atoms with Gasteiger partial charge in [-0.25, -0.2) is 12.8 Å². The summed E-state index contributed by atoms with van der Waals surface area (Å²) in [4.78, 5) is 0.0542. The van der Waals surface area contributed by atoms with E-state index in [1.54, 1.807) is 12.1 Å². The smallest absolute Gasteiger partial charge is 0.261 e. The van der Waals surface area contributed by atoms with Crippen LogP contribution >= 0.6 is 11.6 Å². The molecule has 7 heteroatoms. The fraction of sp³-hybridized carbons (Fsp3) is 0.143. The molecule has 0 aromatic heterocycles. The molecule has 0 saturated carbocycles. The highest BCUT2D eigenvalue weighted by Gasteiger charge is 2.16. The summed E-state index contributed by atoms with van der Waals surface area (Å²) in [6.45, 7) is 2.68. The van der Waals surface area contributed by atoms with E-state index in [0.717, 1.165) is 18.3 Å². The molecule has 0 aliphatic heterocycles. The summed E-state index contributed by atoms with van der Waals surface area (Å²) in [5.74, 6) is -0.727. The van der Waals surface area contributed by atoms with Gasteiger partial charge in [0.05, 0.1) is 10.6 Å². The summed E-state index contributed by atoms with van der Waals surface area (Å²) in [5.41, 5.74) is 0.671. The molecule has 0 spiro atoms. The van der Waals surface area contributed by atoms with E-state index in [2.05, 4.69) is 10.0 Å². The van der Waals surface area contributed by atoms with Crippen LogP contribution < -0.4 is 10.0 Å². The summed E-state index contributed by atoms with van der Waals surface area (Å²) < 4.78 is 40.2. The molecule has 2 aromatic carbocycles. The third kappa shape index (κ3) is 3.86. The molecular formula is C14H14ClFN2O2S. The minimum absolute atomic E-state index is 0.0542. The van der Waals surface area contributed by atoms with Crippen LogP contribution in [0.3, 0.4) is 0 Å². The fourth-order valence-electron chi connectivity index (χ4n) is 1.73. The topological polar surface area (TPSA) is 58.2 Å². The molecule has 0 saturated heterocycles. The molecule has 2 N–H and O–H groups in total. The zero-order valence-electron chi connectivity index (χ0n) is 11.2. The second kappa shape index (κ2) is 6.32. The van der Waals surface area contributed by atoms with Gasteiger partial charge in [-0.15, -0.1) is 0 Å². The quantitative estimate of drug-likeness (QED) is 0.879. The maximum Gasteiger partial charge on any atom is 0.261 e. The second-order valence-corrected chi connectivity index (χ2v) is 6.40. The Morgan fingerprint density at radius 3 is 2.38 bits per heavy atom. The van der Waals surface area contributed by atoms with Crippen LogP contribution in [0.1, 0.15) is 6.92 Å². The molecule has 21 heavy (non-hydrogen) atoms. The van der Waals surface area contributed by atoms with Crippen LogP contribution in [-0.2, 0) is 10.0 Å². The van der Waals surface area contributed by atoms with E-state index in [4.69, 9.17) is 11.6 Å². The lowest BCUT2D eigenvalue weighted by molar-refractivity contribution is 0.598. The van der Waals surface area contributed by atoms with Crippen molar-refractivity contribution in [3.05, 3.63) is 53.3 Å². The van der Waals surface area contributed by atoms with E-state index in [1.807, 2.05) is 6.92 Å². The SMILES string of the molecule is CCNc1ccc(S(=O)(=O)Nc2ccc(Cl)cc2F)cc1. The Balaban J connectivity index is 2.25. The number of hydrogen-bond acceptors (Lipinski definition) is 3. The normalized spacial score (nSPS) is 11.2. The number of nitrogens with one attached hydrogen (secondary N) is 2. The minimum Gasteiger partial charge on any atom is -0.385 e. The Bertz CT molecular complexity index is 733. The number of sulfonamides is 1. The van der Waals surface area contributed by atoms with Crippen molar-refractivity contribution in [3.8, 4) is 0 Å². The lowest BCUT2D eigenvalue weighted by atomic mass is 10.3. The third-order valence-electron chi connectivity index (χ3n) is 2.72. The van der Waals surface area contributed by atoms with Crippen molar-refractivity contribution in [1.82, 2.24) is 0 Å². The number of benzene rings is 2. The zero-order chi connectivity index (χ0) is 15.5. The van der Waals surface area contributed by atoms with Crippen LogP contribution in [0, 0.1) is 5.82 Å². The van der Waals surface area contributed by atoms with E-state index in [0.29, 0.717) is 0 Å². The Kier molecular flexibility index (Phi) is 4.69. The Labute approximate surface area is 128 Å². The first-order valence-corrected chi connectivity index (χ1v) is 8.10. The van der Waals surface area contributed by atoms with E-state index >= 15 is 0 Å². The maximum absolute atomic E-state index is 13.6. The lowest BCUT2D eigenvalue weighted by Crippen LogP contribution is -2.14. The van der Waals surface area contributed by atoms with E-state index in [1.165, 1.54) is 24.3 Å². The van der Waals surface area contributed by atoms with Gasteiger partial charge in [-0.05, 0) is 49.4 Å². The first-order valence-electron chi connectivity index (χ1n) is 6.24. The lowest BCUT2D eigenvalue weighted by Gasteiger charge is -2.10. The Morgan fingerprint density at radius 1 is 1.14 bits per heavy atom. The van der Waals surface area contributed by atoms with Crippen molar-refractivity contribution in [2.45, 2.75) is 11.8 Å². The maximum atomic E-state index is 13.6. The van der Waals surface area contributed by atoms with Crippen molar-refractivity contribution in [3.63, 3.8) is 0 Å². The molecule has 0 heterocycles. The van der Waals surface area contributed by atoms with Gasteiger partial charge in [0.25, 0.3) is 10.0 Å². The van der Waals surface area contributed by atoms with Gasteiger partial charge in [-0.1, -0.05) is 11.6 Å². The molecular weight excluding hydrogens is 315 g/mol. The van der Waals surface area contributed by atoms with Crippen molar-refractivity contribution >= 4 is 33.0 Å². The minimum atomic E-state index is -3.84. The van der Waals surface area contributed by atoms with Crippen LogP contribution in [0.2, 0.25) is 5.02 Å². The molecule has 0 atom stereocenters. The summed E-state index contributed by atoms with van der Waals surface area (Å²) in [7, 11) is -3.84. The summed E-state index contributed by atoms with van der Waals surface area (Å²) in [5, 5.41) is 3.26. The molecule has 0 fully saturated rings. The molecule has 0 unspecified atom stereocenters. The first kappa shape index (κ1) is 15.6. The van der Waals surface area contributed by atoms with Gasteiger partial charge in [-0.2, -0.15) is 0 Å². The van der Waals surface area contributed by atoms with E-state index in [9.17, 15) is 12.8 Å². The van der Waals surface area contributed by atoms with Gasteiger partial charge in [0.1, 0.15) is 5.82 Å². The molecule has 0 aliphatic rings. The van der Waals surface area contributed by atoms with Gasteiger partial charge in [-0.3, -0.25) is 4.72 Å². The average molecular weight is 329 g/mol. The average Bonchev–Trinajstić information content (AvgIpc) is 2.43. The molecule has 4 nitrogen and oxygen atoms in total. The van der Waals surface area contributed by atoms with Crippen LogP contribution in [-0.4, -0.2) is 15.0 Å². The molecule has 0 bridgehead atoms. The summed E-state index contributed by atoms with van der Waals surface area (Å²) >= 11 is 5.63. The zero-order valence-corrected chi connectivity index (χ0v) is 12.8. The van der Waals surface area contributed by atoms with Crippen molar-refractivity contribution in [2.24, 2.45) is 0 Å². The highest BCUT2D eigenvalue weighted by Crippen LogP contribution is 2.22. The van der Waals surface area contributed by atoms with Crippen LogP contribution in [0.5, 0.6) is 0 Å². The highest BCUT2D eigenvalue weighted by molar-refractivity contribution is 7.92. The van der Waals surface area contributed by atoms with Crippen LogP contribution in [0.25, 0.3) is 0 Å². The van der Waals surface area contributed by atoms with Gasteiger partial charge in [0, 0.05) is 17.3 Å². The van der Waals surface area contributed by atoms with Gasteiger partial charge in [0.15, 0.2) is 0 Å². The Hall–Kier alpha value is -1.79. The van der Waals surface area contributed by atoms with E-state index in [-0.39, 0.29) is 15.6 Å². The molecule has 0 aliphatic carbocycles.